The van der Waals surface area contributed by atoms with E-state index in [-0.39, 0.29) is 24.7 Å². The first kappa shape index (κ1) is 15.7. The number of esters is 1. The van der Waals surface area contributed by atoms with Gasteiger partial charge < -0.3 is 14.6 Å². The molecule has 0 aliphatic carbocycles. The van der Waals surface area contributed by atoms with Crippen LogP contribution in [0.4, 0.5) is 4.39 Å². The van der Waals surface area contributed by atoms with Crippen molar-refractivity contribution in [1.82, 2.24) is 0 Å². The molecular weight excluding hydrogens is 267 g/mol. The lowest BCUT2D eigenvalue weighted by atomic mass is 10.2. The average Bonchev–Trinajstić information content (AvgIpc) is 2.42. The predicted octanol–water partition coefficient (Wildman–Crippen LogP) is 2.26. The van der Waals surface area contributed by atoms with Crippen molar-refractivity contribution in [2.24, 2.45) is 0 Å². The van der Waals surface area contributed by atoms with Crippen LogP contribution in [0.25, 0.3) is 6.08 Å². The second-order valence-corrected chi connectivity index (χ2v) is 3.89. The van der Waals surface area contributed by atoms with Gasteiger partial charge in [-0.3, -0.25) is 4.79 Å². The first-order valence-corrected chi connectivity index (χ1v) is 5.93. The minimum atomic E-state index is -1.10. The number of hydrogen-bond acceptors (Lipinski definition) is 4. The number of carboxylic acids is 1. The van der Waals surface area contributed by atoms with E-state index in [2.05, 4.69) is 4.74 Å². The Hall–Kier alpha value is -2.37. The standard InChI is InChI=1S/C14H15FO5/c1-19-14(18)3-2-8-20-12-6-4-10(9-11(12)15)5-7-13(16)17/h4-7,9H,2-3,8H2,1H3,(H,16,17)/b7-5+. The second-order valence-electron chi connectivity index (χ2n) is 3.89. The Morgan fingerprint density at radius 1 is 1.40 bits per heavy atom. The highest BCUT2D eigenvalue weighted by atomic mass is 19.1. The molecule has 0 bridgehead atoms. The maximum Gasteiger partial charge on any atom is 0.328 e. The Morgan fingerprint density at radius 2 is 2.15 bits per heavy atom. The third-order valence-electron chi connectivity index (χ3n) is 2.38. The van der Waals surface area contributed by atoms with Crippen LogP contribution in [-0.2, 0) is 14.3 Å². The summed E-state index contributed by atoms with van der Waals surface area (Å²) < 4.78 is 23.3. The molecule has 1 aromatic rings. The van der Waals surface area contributed by atoms with Crippen LogP contribution in [0.1, 0.15) is 18.4 Å². The van der Waals surface area contributed by atoms with Gasteiger partial charge in [-0.15, -0.1) is 0 Å². The normalized spacial score (nSPS) is 10.5. The van der Waals surface area contributed by atoms with Crippen molar-refractivity contribution in [1.29, 1.82) is 0 Å². The lowest BCUT2D eigenvalue weighted by Crippen LogP contribution is -2.05. The molecule has 0 saturated heterocycles. The summed E-state index contributed by atoms with van der Waals surface area (Å²) >= 11 is 0. The average molecular weight is 282 g/mol. The van der Waals surface area contributed by atoms with E-state index >= 15 is 0 Å². The minimum Gasteiger partial charge on any atom is -0.491 e. The topological polar surface area (TPSA) is 72.8 Å². The smallest absolute Gasteiger partial charge is 0.328 e. The van der Waals surface area contributed by atoms with Gasteiger partial charge in [0.05, 0.1) is 13.7 Å². The summed E-state index contributed by atoms with van der Waals surface area (Å²) in [5, 5.41) is 8.46. The Morgan fingerprint density at radius 3 is 2.75 bits per heavy atom. The molecule has 0 radical (unpaired) electrons. The molecule has 5 nitrogen and oxygen atoms in total. The van der Waals surface area contributed by atoms with Crippen molar-refractivity contribution in [3.8, 4) is 5.75 Å². The molecule has 0 aromatic heterocycles. The van der Waals surface area contributed by atoms with Crippen LogP contribution in [0.2, 0.25) is 0 Å². The van der Waals surface area contributed by atoms with Crippen LogP contribution < -0.4 is 4.74 Å². The molecule has 20 heavy (non-hydrogen) atoms. The van der Waals surface area contributed by atoms with E-state index in [0.29, 0.717) is 12.0 Å². The fraction of sp³-hybridized carbons (Fsp3) is 0.286. The monoisotopic (exact) mass is 282 g/mol. The lowest BCUT2D eigenvalue weighted by molar-refractivity contribution is -0.140. The molecule has 6 heteroatoms. The number of halogens is 1. The van der Waals surface area contributed by atoms with Crippen LogP contribution in [-0.4, -0.2) is 30.8 Å². The number of carbonyl (C=O) groups is 2. The van der Waals surface area contributed by atoms with Gasteiger partial charge in [0.2, 0.25) is 0 Å². The molecule has 0 atom stereocenters. The Balaban J connectivity index is 2.51. The molecule has 0 amide bonds. The van der Waals surface area contributed by atoms with Crippen molar-refractivity contribution in [3.63, 3.8) is 0 Å². The molecule has 0 aliphatic rings. The highest BCUT2D eigenvalue weighted by Gasteiger charge is 2.05. The second kappa shape index (κ2) is 7.93. The van der Waals surface area contributed by atoms with Gasteiger partial charge in [0.1, 0.15) is 0 Å². The molecule has 0 aliphatic heterocycles. The number of benzene rings is 1. The Bertz CT molecular complexity index is 510. The molecule has 1 N–H and O–H groups in total. The summed E-state index contributed by atoms with van der Waals surface area (Å²) in [7, 11) is 1.30. The summed E-state index contributed by atoms with van der Waals surface area (Å²) in [4.78, 5) is 21.2. The Labute approximate surface area is 115 Å². The number of carboxylic acid groups (broad SMARTS) is 1. The molecule has 1 rings (SSSR count). The van der Waals surface area contributed by atoms with Crippen molar-refractivity contribution in [3.05, 3.63) is 35.7 Å². The van der Waals surface area contributed by atoms with Gasteiger partial charge in [0.25, 0.3) is 0 Å². The number of carbonyl (C=O) groups excluding carboxylic acids is 1. The van der Waals surface area contributed by atoms with Gasteiger partial charge in [0, 0.05) is 12.5 Å². The summed E-state index contributed by atoms with van der Waals surface area (Å²) in [6, 6.07) is 4.13. The van der Waals surface area contributed by atoms with E-state index in [1.807, 2.05) is 0 Å². The van der Waals surface area contributed by atoms with Gasteiger partial charge in [-0.1, -0.05) is 6.07 Å². The molecule has 0 heterocycles. The van der Waals surface area contributed by atoms with E-state index in [0.717, 1.165) is 6.08 Å². The van der Waals surface area contributed by atoms with Gasteiger partial charge in [-0.25, -0.2) is 9.18 Å². The summed E-state index contributed by atoms with van der Waals surface area (Å²) in [5.74, 6) is -1.98. The highest BCUT2D eigenvalue weighted by molar-refractivity contribution is 5.85. The third-order valence-corrected chi connectivity index (χ3v) is 2.38. The van der Waals surface area contributed by atoms with E-state index in [1.54, 1.807) is 0 Å². The van der Waals surface area contributed by atoms with Crippen LogP contribution in [0.15, 0.2) is 24.3 Å². The van der Waals surface area contributed by atoms with Gasteiger partial charge in [-0.05, 0) is 30.2 Å². The number of hydrogen-bond donors (Lipinski definition) is 1. The molecule has 0 spiro atoms. The molecular formula is C14H15FO5. The maximum absolute atomic E-state index is 13.6. The number of ether oxygens (including phenoxy) is 2. The molecule has 0 unspecified atom stereocenters. The quantitative estimate of drug-likeness (QED) is 0.472. The lowest BCUT2D eigenvalue weighted by Gasteiger charge is -2.07. The maximum atomic E-state index is 13.6. The molecule has 0 saturated carbocycles. The number of methoxy groups -OCH3 is 1. The summed E-state index contributed by atoms with van der Waals surface area (Å²) in [6.07, 6.45) is 2.84. The van der Waals surface area contributed by atoms with Crippen LogP contribution in [0.3, 0.4) is 0 Å². The van der Waals surface area contributed by atoms with Gasteiger partial charge in [-0.2, -0.15) is 0 Å². The van der Waals surface area contributed by atoms with Gasteiger partial charge >= 0.3 is 11.9 Å². The fourth-order valence-corrected chi connectivity index (χ4v) is 1.41. The molecule has 0 fully saturated rings. The summed E-state index contributed by atoms with van der Waals surface area (Å²) in [5.41, 5.74) is 0.423. The van der Waals surface area contributed by atoms with Crippen molar-refractivity contribution >= 4 is 18.0 Å². The first-order chi connectivity index (χ1) is 9.52. The minimum absolute atomic E-state index is 0.0577. The van der Waals surface area contributed by atoms with E-state index in [9.17, 15) is 14.0 Å². The van der Waals surface area contributed by atoms with Crippen LogP contribution in [0.5, 0.6) is 5.75 Å². The Kier molecular flexibility index (Phi) is 6.22. The number of rotatable bonds is 7. The van der Waals surface area contributed by atoms with E-state index in [4.69, 9.17) is 9.84 Å². The van der Waals surface area contributed by atoms with Crippen molar-refractivity contribution in [2.75, 3.05) is 13.7 Å². The fourth-order valence-electron chi connectivity index (χ4n) is 1.41. The van der Waals surface area contributed by atoms with Crippen LogP contribution in [0, 0.1) is 5.82 Å². The van der Waals surface area contributed by atoms with Gasteiger partial charge in [0.15, 0.2) is 11.6 Å². The molecule has 1 aromatic carbocycles. The number of aliphatic carboxylic acids is 1. The first-order valence-electron chi connectivity index (χ1n) is 5.93. The zero-order chi connectivity index (χ0) is 15.0. The predicted molar refractivity (Wildman–Crippen MR) is 69.8 cm³/mol. The van der Waals surface area contributed by atoms with Crippen molar-refractivity contribution < 1.29 is 28.6 Å². The van der Waals surface area contributed by atoms with E-state index in [1.165, 1.54) is 31.4 Å². The third kappa shape index (κ3) is 5.51. The highest BCUT2D eigenvalue weighted by Crippen LogP contribution is 2.19. The molecule has 108 valence electrons. The zero-order valence-electron chi connectivity index (χ0n) is 11.0. The van der Waals surface area contributed by atoms with Crippen LogP contribution >= 0.6 is 0 Å². The zero-order valence-corrected chi connectivity index (χ0v) is 11.0. The van der Waals surface area contributed by atoms with E-state index < -0.39 is 11.8 Å². The van der Waals surface area contributed by atoms with Crippen molar-refractivity contribution in [2.45, 2.75) is 12.8 Å². The summed E-state index contributed by atoms with van der Waals surface area (Å²) in [6.45, 7) is 0.191. The largest absolute Gasteiger partial charge is 0.491 e. The SMILES string of the molecule is COC(=O)CCCOc1ccc(/C=C/C(=O)O)cc1F.